The Bertz CT molecular complexity index is 631. The minimum absolute atomic E-state index is 0.197. The first-order valence-electron chi connectivity index (χ1n) is 8.61. The molecule has 1 fully saturated rings. The molecule has 1 heterocycles. The molecule has 1 aromatic carbocycles. The summed E-state index contributed by atoms with van der Waals surface area (Å²) in [6.45, 7) is 3.26. The van der Waals surface area contributed by atoms with E-state index in [1.54, 1.807) is 18.2 Å². The summed E-state index contributed by atoms with van der Waals surface area (Å²) in [5.74, 6) is -1.32. The highest BCUT2D eigenvalue weighted by Gasteiger charge is 2.58. The van der Waals surface area contributed by atoms with Crippen LogP contribution < -0.4 is 4.74 Å². The second-order valence-electron chi connectivity index (χ2n) is 6.36. The van der Waals surface area contributed by atoms with Crippen molar-refractivity contribution in [1.29, 1.82) is 0 Å². The van der Waals surface area contributed by atoms with Gasteiger partial charge >= 0.3 is 12.1 Å². The fraction of sp³-hybridized carbons (Fsp3) is 0.556. The molecule has 2 rings (SSSR count). The van der Waals surface area contributed by atoms with Crippen LogP contribution >= 0.6 is 0 Å². The van der Waals surface area contributed by atoms with Crippen LogP contribution in [0.5, 0.6) is 5.75 Å². The average molecular weight is 384 g/mol. The number of hydrogen-bond acceptors (Lipinski definition) is 8. The van der Waals surface area contributed by atoms with Gasteiger partial charge in [0.1, 0.15) is 17.5 Å². The summed E-state index contributed by atoms with van der Waals surface area (Å²) < 4.78 is 20.7. The van der Waals surface area contributed by atoms with Crippen LogP contribution in [-0.4, -0.2) is 64.3 Å². The lowest BCUT2D eigenvalue weighted by Gasteiger charge is -2.46. The maximum Gasteiger partial charge on any atom is 0.514 e. The van der Waals surface area contributed by atoms with Gasteiger partial charge in [-0.2, -0.15) is 0 Å². The van der Waals surface area contributed by atoms with Crippen LogP contribution in [0.15, 0.2) is 30.3 Å². The van der Waals surface area contributed by atoms with Crippen molar-refractivity contribution in [2.45, 2.75) is 56.9 Å². The molecule has 0 amide bonds. The van der Waals surface area contributed by atoms with E-state index in [0.29, 0.717) is 6.42 Å². The molecule has 1 saturated heterocycles. The van der Waals surface area contributed by atoms with E-state index in [-0.39, 0.29) is 12.4 Å². The molecule has 9 nitrogen and oxygen atoms in total. The van der Waals surface area contributed by atoms with Crippen molar-refractivity contribution in [2.75, 3.05) is 6.61 Å². The third-order valence-electron chi connectivity index (χ3n) is 4.16. The van der Waals surface area contributed by atoms with Gasteiger partial charge in [0, 0.05) is 6.61 Å². The first-order chi connectivity index (χ1) is 12.8. The zero-order chi connectivity index (χ0) is 20.0. The highest BCUT2D eigenvalue weighted by atomic mass is 16.7. The summed E-state index contributed by atoms with van der Waals surface area (Å²) in [7, 11) is 0. The molecule has 9 heteroatoms. The van der Waals surface area contributed by atoms with Crippen LogP contribution in [0.2, 0.25) is 0 Å². The molecule has 0 aromatic heterocycles. The number of hydrogen-bond donors (Lipinski definition) is 3. The zero-order valence-corrected chi connectivity index (χ0v) is 15.1. The molecule has 0 saturated carbocycles. The fourth-order valence-corrected chi connectivity index (χ4v) is 2.73. The Labute approximate surface area is 156 Å². The number of ether oxygens (including phenoxy) is 4. The Morgan fingerprint density at radius 3 is 2.52 bits per heavy atom. The van der Waals surface area contributed by atoms with Gasteiger partial charge in [0.2, 0.25) is 0 Å². The molecule has 27 heavy (non-hydrogen) atoms. The number of unbranched alkanes of at least 4 members (excludes halogenated alkanes) is 1. The number of aliphatic carboxylic acids is 1. The second-order valence-corrected chi connectivity index (χ2v) is 6.36. The maximum atomic E-state index is 12.1. The number of carboxylic acids is 1. The van der Waals surface area contributed by atoms with Gasteiger partial charge in [-0.15, -0.1) is 0 Å². The van der Waals surface area contributed by atoms with Crippen LogP contribution in [0, 0.1) is 0 Å². The highest BCUT2D eigenvalue weighted by molar-refractivity contribution is 5.74. The Morgan fingerprint density at radius 1 is 1.26 bits per heavy atom. The minimum Gasteiger partial charge on any atom is -0.479 e. The van der Waals surface area contributed by atoms with Crippen LogP contribution in [0.25, 0.3) is 0 Å². The van der Waals surface area contributed by atoms with Crippen molar-refractivity contribution in [3.63, 3.8) is 0 Å². The monoisotopic (exact) mass is 384 g/mol. The second kappa shape index (κ2) is 9.14. The van der Waals surface area contributed by atoms with Gasteiger partial charge in [0.25, 0.3) is 0 Å². The van der Waals surface area contributed by atoms with Crippen LogP contribution in [0.4, 0.5) is 4.79 Å². The number of aliphatic hydroxyl groups excluding tert-OH is 1. The van der Waals surface area contributed by atoms with Crippen LogP contribution in [0.1, 0.15) is 26.7 Å². The SMILES string of the molecule is CCCCO[C@H]1C(OC(=O)Oc2ccccc2)[C@](C)(O)C(C(=O)O)O[C@H]1O. The molecule has 2 unspecified atom stereocenters. The van der Waals surface area contributed by atoms with Crippen molar-refractivity contribution in [2.24, 2.45) is 0 Å². The molecule has 0 radical (unpaired) electrons. The van der Waals surface area contributed by atoms with Gasteiger partial charge < -0.3 is 34.3 Å². The Hall–Kier alpha value is -2.20. The zero-order valence-electron chi connectivity index (χ0n) is 15.1. The van der Waals surface area contributed by atoms with Gasteiger partial charge in [-0.05, 0) is 25.5 Å². The number of para-hydroxylation sites is 1. The molecule has 3 N–H and O–H groups in total. The van der Waals surface area contributed by atoms with Crippen LogP contribution in [-0.2, 0) is 19.0 Å². The molecule has 1 aromatic rings. The van der Waals surface area contributed by atoms with Gasteiger partial charge in [0.05, 0.1) is 0 Å². The summed E-state index contributed by atoms with van der Waals surface area (Å²) >= 11 is 0. The number of benzene rings is 1. The summed E-state index contributed by atoms with van der Waals surface area (Å²) in [6, 6.07) is 8.07. The Balaban J connectivity index is 2.19. The molecule has 1 aliphatic rings. The van der Waals surface area contributed by atoms with Crippen molar-refractivity contribution in [3.05, 3.63) is 30.3 Å². The van der Waals surface area contributed by atoms with E-state index in [1.807, 2.05) is 6.92 Å². The van der Waals surface area contributed by atoms with Gasteiger partial charge in [-0.25, -0.2) is 9.59 Å². The first-order valence-corrected chi connectivity index (χ1v) is 8.61. The lowest BCUT2D eigenvalue weighted by molar-refractivity contribution is -0.315. The predicted molar refractivity (Wildman–Crippen MR) is 91.1 cm³/mol. The first kappa shape index (κ1) is 21.1. The van der Waals surface area contributed by atoms with E-state index in [4.69, 9.17) is 18.9 Å². The standard InChI is InChI=1S/C18H24O9/c1-3-4-10-24-12-13(18(2,23)14(15(19)20)26-16(12)21)27-17(22)25-11-8-6-5-7-9-11/h5-9,12-14,16,21,23H,3-4,10H2,1-2H3,(H,19,20)/t12-,13?,14?,16+,18-/m0/s1. The molecule has 0 aliphatic carbocycles. The third-order valence-corrected chi connectivity index (χ3v) is 4.16. The van der Waals surface area contributed by atoms with Crippen LogP contribution in [0.3, 0.4) is 0 Å². The normalized spacial score (nSPS) is 30.5. The predicted octanol–water partition coefficient (Wildman–Crippen LogP) is 1.31. The van der Waals surface area contributed by atoms with E-state index < -0.39 is 42.3 Å². The molecule has 5 atom stereocenters. The molecular weight excluding hydrogens is 360 g/mol. The number of aliphatic hydroxyl groups is 2. The third kappa shape index (κ3) is 5.16. The average Bonchev–Trinajstić information content (AvgIpc) is 2.61. The van der Waals surface area contributed by atoms with E-state index in [1.165, 1.54) is 12.1 Å². The highest BCUT2D eigenvalue weighted by Crippen LogP contribution is 2.33. The molecule has 0 spiro atoms. The summed E-state index contributed by atoms with van der Waals surface area (Å²) in [6.07, 6.45) is -6.07. The minimum atomic E-state index is -2.17. The van der Waals surface area contributed by atoms with E-state index in [2.05, 4.69) is 0 Å². The largest absolute Gasteiger partial charge is 0.514 e. The molecular formula is C18H24O9. The fourth-order valence-electron chi connectivity index (χ4n) is 2.73. The summed E-state index contributed by atoms with van der Waals surface area (Å²) in [4.78, 5) is 23.5. The summed E-state index contributed by atoms with van der Waals surface area (Å²) in [5, 5.41) is 30.1. The lowest BCUT2D eigenvalue weighted by atomic mass is 9.85. The van der Waals surface area contributed by atoms with E-state index in [9.17, 15) is 24.9 Å². The number of rotatable bonds is 7. The van der Waals surface area contributed by atoms with Gasteiger partial charge in [0.15, 0.2) is 18.5 Å². The number of carbonyl (C=O) groups is 2. The molecule has 1 aliphatic heterocycles. The smallest absolute Gasteiger partial charge is 0.479 e. The van der Waals surface area contributed by atoms with Crippen molar-refractivity contribution >= 4 is 12.1 Å². The van der Waals surface area contributed by atoms with Gasteiger partial charge in [-0.1, -0.05) is 31.5 Å². The Kier molecular flexibility index (Phi) is 7.14. The van der Waals surface area contributed by atoms with Crippen molar-refractivity contribution in [3.8, 4) is 5.75 Å². The van der Waals surface area contributed by atoms with Crippen molar-refractivity contribution < 1.29 is 43.9 Å². The summed E-state index contributed by atoms with van der Waals surface area (Å²) in [5.41, 5.74) is -2.17. The lowest BCUT2D eigenvalue weighted by Crippen LogP contribution is -2.68. The Morgan fingerprint density at radius 2 is 1.93 bits per heavy atom. The number of carboxylic acid groups (broad SMARTS) is 1. The van der Waals surface area contributed by atoms with E-state index >= 15 is 0 Å². The molecule has 0 bridgehead atoms. The topological polar surface area (TPSA) is 132 Å². The van der Waals surface area contributed by atoms with Crippen molar-refractivity contribution in [1.82, 2.24) is 0 Å². The van der Waals surface area contributed by atoms with Gasteiger partial charge in [-0.3, -0.25) is 0 Å². The maximum absolute atomic E-state index is 12.1. The number of carbonyl (C=O) groups excluding carboxylic acids is 1. The van der Waals surface area contributed by atoms with E-state index in [0.717, 1.165) is 13.3 Å². The molecule has 150 valence electrons. The quantitative estimate of drug-likeness (QED) is 0.361.